The number of amides is 1. The topological polar surface area (TPSA) is 75.6 Å². The third kappa shape index (κ3) is 5.56. The van der Waals surface area contributed by atoms with Gasteiger partial charge in [-0.15, -0.1) is 22.7 Å². The molecule has 1 aromatic carbocycles. The molecule has 2 fully saturated rings. The summed E-state index contributed by atoms with van der Waals surface area (Å²) >= 11 is 2.71. The molecule has 2 N–H and O–H groups in total. The van der Waals surface area contributed by atoms with Crippen molar-refractivity contribution in [1.29, 1.82) is 0 Å². The molecule has 9 heteroatoms. The van der Waals surface area contributed by atoms with Gasteiger partial charge in [-0.05, 0) is 47.7 Å². The number of aliphatic hydroxyl groups is 1. The van der Waals surface area contributed by atoms with Gasteiger partial charge in [0.1, 0.15) is 6.10 Å². The molecule has 2 unspecified atom stereocenters. The minimum atomic E-state index is -1.79. The van der Waals surface area contributed by atoms with E-state index in [1.807, 2.05) is 53.2 Å². The van der Waals surface area contributed by atoms with E-state index in [1.54, 1.807) is 12.1 Å². The van der Waals surface area contributed by atoms with E-state index in [0.717, 1.165) is 24.8 Å². The number of fused-ring (bicyclic) bond motifs is 2. The first kappa shape index (κ1) is 28.0. The fourth-order valence-electron chi connectivity index (χ4n) is 6.30. The predicted octanol–water partition coefficient (Wildman–Crippen LogP) is 1.15. The van der Waals surface area contributed by atoms with E-state index in [1.165, 1.54) is 22.7 Å². The molecule has 5 rings (SSSR count). The summed E-state index contributed by atoms with van der Waals surface area (Å²) in [6.07, 6.45) is 2.57. The molecule has 0 aliphatic heterocycles. The molecule has 2 aromatic heterocycles. The Kier molecular flexibility index (Phi) is 8.60. The quantitative estimate of drug-likeness (QED) is 0.284. The Labute approximate surface area is 236 Å². The second-order valence-electron chi connectivity index (χ2n) is 10.5. The van der Waals surface area contributed by atoms with Crippen LogP contribution in [0.2, 0.25) is 0 Å². The third-order valence-corrected chi connectivity index (χ3v) is 9.76. The van der Waals surface area contributed by atoms with Crippen molar-refractivity contribution in [2.75, 3.05) is 20.6 Å². The lowest BCUT2D eigenvalue weighted by Crippen LogP contribution is -3.00. The number of thiophene rings is 2. The van der Waals surface area contributed by atoms with E-state index in [2.05, 4.69) is 19.4 Å². The number of nitrogens with zero attached hydrogens (tertiary/aromatic N) is 1. The highest BCUT2D eigenvalue weighted by Crippen LogP contribution is 2.51. The summed E-state index contributed by atoms with van der Waals surface area (Å²) in [5.41, 5.74) is -0.713. The number of halogens is 1. The van der Waals surface area contributed by atoms with Crippen LogP contribution in [0.1, 0.15) is 34.6 Å². The van der Waals surface area contributed by atoms with Crippen molar-refractivity contribution >= 4 is 34.6 Å². The number of rotatable bonds is 9. The molecule has 4 atom stereocenters. The van der Waals surface area contributed by atoms with Crippen LogP contribution in [0.5, 0.6) is 0 Å². The van der Waals surface area contributed by atoms with Crippen molar-refractivity contribution < 1.29 is 40.9 Å². The van der Waals surface area contributed by atoms with E-state index in [4.69, 9.17) is 4.74 Å². The van der Waals surface area contributed by atoms with E-state index in [0.29, 0.717) is 33.2 Å². The zero-order valence-corrected chi connectivity index (χ0v) is 24.2. The average Bonchev–Trinajstić information content (AvgIpc) is 3.66. The van der Waals surface area contributed by atoms with Crippen LogP contribution < -0.4 is 22.3 Å². The summed E-state index contributed by atoms with van der Waals surface area (Å²) in [5.74, 6) is -0.0174. The van der Waals surface area contributed by atoms with Crippen molar-refractivity contribution in [3.8, 4) is 0 Å². The zero-order valence-electron chi connectivity index (χ0n) is 21.0. The van der Waals surface area contributed by atoms with Gasteiger partial charge in [-0.1, -0.05) is 42.5 Å². The van der Waals surface area contributed by atoms with E-state index < -0.39 is 11.6 Å². The molecule has 2 aliphatic rings. The van der Waals surface area contributed by atoms with Crippen molar-refractivity contribution in [2.45, 2.75) is 43.6 Å². The highest BCUT2D eigenvalue weighted by molar-refractivity contribution is 7.12. The van der Waals surface area contributed by atoms with E-state index in [-0.39, 0.29) is 41.0 Å². The summed E-state index contributed by atoms with van der Waals surface area (Å²) in [6.45, 7) is 0.890. The maximum absolute atomic E-state index is 13.5. The first-order valence-electron chi connectivity index (χ1n) is 12.4. The number of likely N-dealkylation sites (N-methyl/N-ethyl adjacent to an activating group) is 1. The average molecular weight is 606 g/mol. The highest BCUT2D eigenvalue weighted by atomic mass is 79.9. The molecule has 2 bridgehead atoms. The Hall–Kier alpha value is -2.04. The fourth-order valence-corrected chi connectivity index (χ4v) is 8.01. The van der Waals surface area contributed by atoms with Gasteiger partial charge in [0.2, 0.25) is 5.60 Å². The lowest BCUT2D eigenvalue weighted by atomic mass is 9.96. The minimum absolute atomic E-state index is 0. The Balaban J connectivity index is 0.00000320. The smallest absolute Gasteiger partial charge is 0.349 e. The maximum atomic E-state index is 13.5. The summed E-state index contributed by atoms with van der Waals surface area (Å²) in [4.78, 5) is 27.5. The van der Waals surface area contributed by atoms with E-state index in [9.17, 15) is 14.7 Å². The fraction of sp³-hybridized carbons (Fsp3) is 0.429. The van der Waals surface area contributed by atoms with Gasteiger partial charge in [-0.2, -0.15) is 0 Å². The van der Waals surface area contributed by atoms with Gasteiger partial charge in [0.05, 0.1) is 29.9 Å². The van der Waals surface area contributed by atoms with Gasteiger partial charge < -0.3 is 36.6 Å². The standard InChI is InChI=1S/C28H32N2O4S2.BrH/c1-30(2,18-25(31)29-17-19-8-4-3-5-9-19)26-20-12-13-21(26)22(16-20)34-27(32)28(33,23-10-6-14-35-23)24-11-7-15-36-24;/h3-11,14-15,20-22,26,33H,12-13,16-18H2,1-2H3;1H/t20?,21-,22-,26?;/m1./s1. The summed E-state index contributed by atoms with van der Waals surface area (Å²) in [6, 6.07) is 17.4. The largest absolute Gasteiger partial charge is 1.00 e. The molecular formula is C28H33BrN2O4S2. The zero-order chi connectivity index (χ0) is 25.3. The molecule has 3 aromatic rings. The predicted molar refractivity (Wildman–Crippen MR) is 141 cm³/mol. The molecule has 2 aliphatic carbocycles. The molecule has 2 saturated carbocycles. The normalized spacial score (nSPS) is 22.9. The number of carbonyl (C=O) groups is 2. The van der Waals surface area contributed by atoms with Gasteiger partial charge >= 0.3 is 5.97 Å². The number of ether oxygens (including phenoxy) is 1. The summed E-state index contributed by atoms with van der Waals surface area (Å²) in [7, 11) is 4.21. The molecule has 1 amide bonds. The lowest BCUT2D eigenvalue weighted by Gasteiger charge is -2.38. The molecule has 0 radical (unpaired) electrons. The number of nitrogens with one attached hydrogen (secondary N) is 1. The van der Waals surface area contributed by atoms with Crippen LogP contribution >= 0.6 is 22.7 Å². The van der Waals surface area contributed by atoms with Crippen LogP contribution in [0.4, 0.5) is 0 Å². The van der Waals surface area contributed by atoms with Crippen LogP contribution in [0.15, 0.2) is 65.4 Å². The number of esters is 1. The highest BCUT2D eigenvalue weighted by Gasteiger charge is 2.58. The van der Waals surface area contributed by atoms with Crippen molar-refractivity contribution in [3.05, 3.63) is 80.7 Å². The van der Waals surface area contributed by atoms with Gasteiger partial charge in [0.25, 0.3) is 5.91 Å². The van der Waals surface area contributed by atoms with Gasteiger partial charge in [0.15, 0.2) is 6.54 Å². The van der Waals surface area contributed by atoms with Gasteiger partial charge in [-0.25, -0.2) is 4.79 Å². The lowest BCUT2D eigenvalue weighted by molar-refractivity contribution is -0.912. The van der Waals surface area contributed by atoms with Crippen LogP contribution in [-0.4, -0.2) is 54.3 Å². The van der Waals surface area contributed by atoms with Crippen LogP contribution in [0, 0.1) is 11.8 Å². The van der Waals surface area contributed by atoms with Gasteiger partial charge in [0, 0.05) is 18.4 Å². The Bertz CT molecular complexity index is 1150. The van der Waals surface area contributed by atoms with Crippen molar-refractivity contribution in [2.24, 2.45) is 11.8 Å². The Morgan fingerprint density at radius 2 is 1.68 bits per heavy atom. The second-order valence-corrected chi connectivity index (χ2v) is 12.4. The first-order chi connectivity index (χ1) is 17.3. The van der Waals surface area contributed by atoms with Crippen molar-refractivity contribution in [1.82, 2.24) is 5.32 Å². The summed E-state index contributed by atoms with van der Waals surface area (Å²) < 4.78 is 6.67. The molecule has 2 heterocycles. The van der Waals surface area contributed by atoms with Crippen LogP contribution in [-0.2, 0) is 26.5 Å². The van der Waals surface area contributed by atoms with Crippen LogP contribution in [0.3, 0.4) is 0 Å². The molecule has 198 valence electrons. The number of hydrogen-bond acceptors (Lipinski definition) is 6. The summed E-state index contributed by atoms with van der Waals surface area (Å²) in [5, 5.41) is 18.4. The Morgan fingerprint density at radius 1 is 1.03 bits per heavy atom. The first-order valence-corrected chi connectivity index (χ1v) is 14.2. The van der Waals surface area contributed by atoms with Crippen molar-refractivity contribution in [3.63, 3.8) is 0 Å². The number of carbonyl (C=O) groups excluding carboxylic acids is 2. The van der Waals surface area contributed by atoms with Gasteiger partial charge in [-0.3, -0.25) is 4.79 Å². The maximum Gasteiger partial charge on any atom is 0.349 e. The molecule has 0 spiro atoms. The molecule has 37 heavy (non-hydrogen) atoms. The molecular weight excluding hydrogens is 572 g/mol. The van der Waals surface area contributed by atoms with Crippen LogP contribution in [0.25, 0.3) is 0 Å². The minimum Gasteiger partial charge on any atom is -1.00 e. The number of benzene rings is 1. The Morgan fingerprint density at radius 3 is 2.27 bits per heavy atom. The number of hydrogen-bond donors (Lipinski definition) is 2. The molecule has 0 saturated heterocycles. The molecule has 6 nitrogen and oxygen atoms in total. The monoisotopic (exact) mass is 604 g/mol. The third-order valence-electron chi connectivity index (χ3n) is 7.81. The SMILES string of the molecule is C[N+](C)(CC(=O)NCc1ccccc1)C1C2CC[C@@H]1[C@H](OC(=O)C(O)(c1cccs1)c1cccs1)C2.[Br-]. The second kappa shape index (κ2) is 11.4. The number of quaternary nitrogens is 1. The van der Waals surface area contributed by atoms with E-state index >= 15 is 0 Å².